The highest BCUT2D eigenvalue weighted by atomic mass is 16.5. The Morgan fingerprint density at radius 3 is 2.83 bits per heavy atom. The lowest BCUT2D eigenvalue weighted by atomic mass is 10.2. The van der Waals surface area contributed by atoms with Crippen LogP contribution in [0.25, 0.3) is 0 Å². The molecule has 1 heterocycles. The molecule has 0 amide bonds. The van der Waals surface area contributed by atoms with Gasteiger partial charge in [-0.2, -0.15) is 0 Å². The quantitative estimate of drug-likeness (QED) is 0.621. The number of hydrogen-bond acceptors (Lipinski definition) is 5. The van der Waals surface area contributed by atoms with Gasteiger partial charge in [-0.1, -0.05) is 19.1 Å². The van der Waals surface area contributed by atoms with Crippen LogP contribution < -0.4 is 16.0 Å². The van der Waals surface area contributed by atoms with E-state index in [4.69, 9.17) is 10.6 Å². The molecule has 2 aromatic rings. The topological polar surface area (TPSA) is 73.1 Å². The van der Waals surface area contributed by atoms with Gasteiger partial charge in [0.05, 0.1) is 18.1 Å². The SMILES string of the molecule is CCc1cccc(OCc2cnc(NN)cn2)c1. The number of nitrogen functional groups attached to an aromatic ring is 1. The van der Waals surface area contributed by atoms with Gasteiger partial charge in [0.25, 0.3) is 0 Å². The maximum atomic E-state index is 5.65. The summed E-state index contributed by atoms with van der Waals surface area (Å²) in [4.78, 5) is 8.24. The van der Waals surface area contributed by atoms with Crippen LogP contribution >= 0.6 is 0 Å². The Morgan fingerprint density at radius 2 is 2.17 bits per heavy atom. The maximum absolute atomic E-state index is 5.65. The van der Waals surface area contributed by atoms with Crippen LogP contribution in [0.4, 0.5) is 5.82 Å². The molecule has 5 heteroatoms. The summed E-state index contributed by atoms with van der Waals surface area (Å²) in [5.74, 6) is 6.59. The highest BCUT2D eigenvalue weighted by Gasteiger charge is 1.99. The zero-order valence-electron chi connectivity index (χ0n) is 10.3. The van der Waals surface area contributed by atoms with E-state index in [0.717, 1.165) is 17.9 Å². The van der Waals surface area contributed by atoms with E-state index in [2.05, 4.69) is 28.4 Å². The van der Waals surface area contributed by atoms with Crippen LogP contribution in [0.15, 0.2) is 36.7 Å². The Hall–Kier alpha value is -2.14. The van der Waals surface area contributed by atoms with Crippen molar-refractivity contribution in [1.29, 1.82) is 0 Å². The number of nitrogens with one attached hydrogen (secondary N) is 1. The van der Waals surface area contributed by atoms with E-state index in [-0.39, 0.29) is 0 Å². The van der Waals surface area contributed by atoms with Crippen molar-refractivity contribution < 1.29 is 4.74 Å². The Labute approximate surface area is 106 Å². The molecule has 0 aliphatic rings. The molecule has 3 N–H and O–H groups in total. The first-order valence-electron chi connectivity index (χ1n) is 5.81. The summed E-state index contributed by atoms with van der Waals surface area (Å²) >= 11 is 0. The molecule has 0 aliphatic heterocycles. The number of hydrazine groups is 1. The third kappa shape index (κ3) is 3.18. The highest BCUT2D eigenvalue weighted by molar-refractivity contribution is 5.30. The number of aromatic nitrogens is 2. The van der Waals surface area contributed by atoms with Gasteiger partial charge in [-0.15, -0.1) is 0 Å². The van der Waals surface area contributed by atoms with Crippen molar-refractivity contribution in [1.82, 2.24) is 9.97 Å². The number of anilines is 1. The van der Waals surface area contributed by atoms with Crippen LogP contribution in [0, 0.1) is 0 Å². The Morgan fingerprint density at radius 1 is 1.28 bits per heavy atom. The predicted octanol–water partition coefficient (Wildman–Crippen LogP) is 1.90. The average molecular weight is 244 g/mol. The third-order valence-corrected chi connectivity index (χ3v) is 2.55. The molecule has 1 aromatic heterocycles. The maximum Gasteiger partial charge on any atom is 0.158 e. The molecule has 94 valence electrons. The first-order valence-corrected chi connectivity index (χ1v) is 5.81. The van der Waals surface area contributed by atoms with Gasteiger partial charge in [-0.25, -0.2) is 10.8 Å². The molecule has 18 heavy (non-hydrogen) atoms. The molecule has 0 radical (unpaired) electrons. The van der Waals surface area contributed by atoms with Crippen molar-refractivity contribution in [3.8, 4) is 5.75 Å². The number of nitrogens with two attached hydrogens (primary N) is 1. The molecular weight excluding hydrogens is 228 g/mol. The van der Waals surface area contributed by atoms with E-state index in [1.807, 2.05) is 18.2 Å². The van der Waals surface area contributed by atoms with E-state index in [9.17, 15) is 0 Å². The molecule has 0 aliphatic carbocycles. The number of rotatable bonds is 5. The molecular formula is C13H16N4O. The molecule has 1 aromatic carbocycles. The van der Waals surface area contributed by atoms with Crippen LogP contribution in [-0.4, -0.2) is 9.97 Å². The first kappa shape index (κ1) is 12.3. The average Bonchev–Trinajstić information content (AvgIpc) is 2.46. The van der Waals surface area contributed by atoms with Gasteiger partial charge >= 0.3 is 0 Å². The molecule has 2 rings (SSSR count). The van der Waals surface area contributed by atoms with Crippen LogP contribution in [-0.2, 0) is 13.0 Å². The number of aryl methyl sites for hydroxylation is 1. The third-order valence-electron chi connectivity index (χ3n) is 2.55. The van der Waals surface area contributed by atoms with Crippen LogP contribution in [0.2, 0.25) is 0 Å². The summed E-state index contributed by atoms with van der Waals surface area (Å²) in [5, 5.41) is 0. The number of hydrogen-bond donors (Lipinski definition) is 2. The summed E-state index contributed by atoms with van der Waals surface area (Å²) in [7, 11) is 0. The van der Waals surface area contributed by atoms with E-state index in [1.54, 1.807) is 12.4 Å². The van der Waals surface area contributed by atoms with Crippen molar-refractivity contribution in [3.63, 3.8) is 0 Å². The zero-order chi connectivity index (χ0) is 12.8. The Kier molecular flexibility index (Phi) is 4.09. The normalized spacial score (nSPS) is 10.1. The molecule has 0 saturated heterocycles. The van der Waals surface area contributed by atoms with E-state index < -0.39 is 0 Å². The van der Waals surface area contributed by atoms with Gasteiger partial charge in [-0.3, -0.25) is 4.98 Å². The van der Waals surface area contributed by atoms with Crippen molar-refractivity contribution in [3.05, 3.63) is 47.9 Å². The summed E-state index contributed by atoms with van der Waals surface area (Å²) in [5.41, 5.74) is 4.44. The number of benzene rings is 1. The van der Waals surface area contributed by atoms with Crippen molar-refractivity contribution in [2.24, 2.45) is 5.84 Å². The largest absolute Gasteiger partial charge is 0.487 e. The minimum Gasteiger partial charge on any atom is -0.487 e. The molecule has 0 bridgehead atoms. The van der Waals surface area contributed by atoms with Gasteiger partial charge in [0.15, 0.2) is 5.82 Å². The standard InChI is InChI=1S/C13H16N4O/c1-2-10-4-3-5-12(6-10)18-9-11-7-16-13(17-14)8-15-11/h3-8H,2,9,14H2,1H3,(H,16,17). The second kappa shape index (κ2) is 5.97. The van der Waals surface area contributed by atoms with Gasteiger partial charge in [0, 0.05) is 0 Å². The van der Waals surface area contributed by atoms with E-state index in [0.29, 0.717) is 12.4 Å². The van der Waals surface area contributed by atoms with Crippen LogP contribution in [0.5, 0.6) is 5.75 Å². The van der Waals surface area contributed by atoms with Crippen molar-refractivity contribution >= 4 is 5.82 Å². The Balaban J connectivity index is 1.97. The van der Waals surface area contributed by atoms with Crippen molar-refractivity contribution in [2.75, 3.05) is 5.43 Å². The predicted molar refractivity (Wildman–Crippen MR) is 70.0 cm³/mol. The monoisotopic (exact) mass is 244 g/mol. The molecule has 0 atom stereocenters. The molecule has 0 unspecified atom stereocenters. The molecule has 0 spiro atoms. The summed E-state index contributed by atoms with van der Waals surface area (Å²) in [6.07, 6.45) is 4.20. The van der Waals surface area contributed by atoms with Crippen LogP contribution in [0.1, 0.15) is 18.2 Å². The number of ether oxygens (including phenoxy) is 1. The van der Waals surface area contributed by atoms with Crippen LogP contribution in [0.3, 0.4) is 0 Å². The highest BCUT2D eigenvalue weighted by Crippen LogP contribution is 2.15. The minimum absolute atomic E-state index is 0.394. The first-order chi connectivity index (χ1) is 8.81. The fourth-order valence-electron chi connectivity index (χ4n) is 1.52. The van der Waals surface area contributed by atoms with Gasteiger partial charge in [0.2, 0.25) is 0 Å². The Bertz CT molecular complexity index is 499. The van der Waals surface area contributed by atoms with E-state index in [1.165, 1.54) is 5.56 Å². The minimum atomic E-state index is 0.394. The van der Waals surface area contributed by atoms with Gasteiger partial charge < -0.3 is 10.2 Å². The smallest absolute Gasteiger partial charge is 0.158 e. The lowest BCUT2D eigenvalue weighted by Gasteiger charge is -2.07. The fourth-order valence-corrected chi connectivity index (χ4v) is 1.52. The molecule has 5 nitrogen and oxygen atoms in total. The van der Waals surface area contributed by atoms with Crippen molar-refractivity contribution in [2.45, 2.75) is 20.0 Å². The second-order valence-electron chi connectivity index (χ2n) is 3.83. The zero-order valence-corrected chi connectivity index (χ0v) is 10.3. The fraction of sp³-hybridized carbons (Fsp3) is 0.231. The van der Waals surface area contributed by atoms with Gasteiger partial charge in [-0.05, 0) is 24.1 Å². The van der Waals surface area contributed by atoms with E-state index >= 15 is 0 Å². The summed E-state index contributed by atoms with van der Waals surface area (Å²) < 4.78 is 5.65. The molecule has 0 saturated carbocycles. The lowest BCUT2D eigenvalue weighted by Crippen LogP contribution is -2.09. The molecule has 0 fully saturated rings. The lowest BCUT2D eigenvalue weighted by molar-refractivity contribution is 0.300. The second-order valence-corrected chi connectivity index (χ2v) is 3.83. The van der Waals surface area contributed by atoms with Gasteiger partial charge in [0.1, 0.15) is 12.4 Å². The summed E-state index contributed by atoms with van der Waals surface area (Å²) in [6.45, 7) is 2.51. The number of nitrogens with zero attached hydrogens (tertiary/aromatic N) is 2. The summed E-state index contributed by atoms with van der Waals surface area (Å²) in [6, 6.07) is 8.03.